The van der Waals surface area contributed by atoms with Gasteiger partial charge in [0.05, 0.1) is 38.3 Å². The topological polar surface area (TPSA) is 111 Å². The van der Waals surface area contributed by atoms with Gasteiger partial charge >= 0.3 is 6.18 Å². The quantitative estimate of drug-likeness (QED) is 0.494. The number of halogens is 5. The van der Waals surface area contributed by atoms with E-state index in [-0.39, 0.29) is 34.4 Å². The van der Waals surface area contributed by atoms with E-state index in [0.717, 1.165) is 12.1 Å². The summed E-state index contributed by atoms with van der Waals surface area (Å²) >= 11 is 11.6. The molecule has 2 atom stereocenters. The summed E-state index contributed by atoms with van der Waals surface area (Å²) in [6, 6.07) is 3.36. The van der Waals surface area contributed by atoms with E-state index in [9.17, 15) is 21.6 Å². The number of rotatable bonds is 6. The standard InChI is InChI=1S/C19H17Cl2F3N6O3S/c1-33-16-8-25-7-15(16)30-9-27-28-18(30)17-14(4-10(20)6-26-17)29-34(31,32)11-2-3-13(21)12(5-11)19(22,23)24/h2-6,9,15-16,25,29H,7-8H2,1H3/t15-,16+/m1/s1. The Bertz CT molecular complexity index is 1320. The summed E-state index contributed by atoms with van der Waals surface area (Å²) < 4.78 is 75.1. The molecule has 4 rings (SSSR count). The number of nitrogens with one attached hydrogen (secondary N) is 2. The number of hydrogen-bond donors (Lipinski definition) is 2. The van der Waals surface area contributed by atoms with Gasteiger partial charge in [0.2, 0.25) is 0 Å². The first-order valence-electron chi connectivity index (χ1n) is 9.70. The fourth-order valence-corrected chi connectivity index (χ4v) is 5.07. The van der Waals surface area contributed by atoms with E-state index >= 15 is 0 Å². The third-order valence-corrected chi connectivity index (χ3v) is 7.12. The van der Waals surface area contributed by atoms with Gasteiger partial charge in [0, 0.05) is 26.4 Å². The zero-order valence-electron chi connectivity index (χ0n) is 17.3. The summed E-state index contributed by atoms with van der Waals surface area (Å²) in [6.45, 7) is 1.13. The molecule has 2 aromatic heterocycles. The smallest absolute Gasteiger partial charge is 0.378 e. The van der Waals surface area contributed by atoms with Crippen molar-refractivity contribution in [3.05, 3.63) is 52.4 Å². The van der Waals surface area contributed by atoms with Crippen molar-refractivity contribution in [1.82, 2.24) is 25.1 Å². The predicted octanol–water partition coefficient (Wildman–Crippen LogP) is 3.63. The van der Waals surface area contributed by atoms with Crippen LogP contribution >= 0.6 is 23.2 Å². The maximum absolute atomic E-state index is 13.2. The number of alkyl halides is 3. The zero-order chi connectivity index (χ0) is 24.7. The molecule has 0 unspecified atom stereocenters. The van der Waals surface area contributed by atoms with Crippen LogP contribution in [0.3, 0.4) is 0 Å². The fourth-order valence-electron chi connectivity index (χ4n) is 3.60. The largest absolute Gasteiger partial charge is 0.417 e. The van der Waals surface area contributed by atoms with Crippen LogP contribution in [0.4, 0.5) is 18.9 Å². The Morgan fingerprint density at radius 3 is 2.71 bits per heavy atom. The van der Waals surface area contributed by atoms with Crippen molar-refractivity contribution >= 4 is 38.9 Å². The van der Waals surface area contributed by atoms with Crippen LogP contribution in [0.25, 0.3) is 11.5 Å². The van der Waals surface area contributed by atoms with E-state index in [0.29, 0.717) is 19.2 Å². The minimum atomic E-state index is -4.84. The van der Waals surface area contributed by atoms with Crippen molar-refractivity contribution in [3.63, 3.8) is 0 Å². The molecule has 3 aromatic rings. The van der Waals surface area contributed by atoms with E-state index in [1.165, 1.54) is 18.6 Å². The highest BCUT2D eigenvalue weighted by atomic mass is 35.5. The first-order chi connectivity index (χ1) is 16.0. The fraction of sp³-hybridized carbons (Fsp3) is 0.316. The third-order valence-electron chi connectivity index (χ3n) is 5.23. The lowest BCUT2D eigenvalue weighted by Crippen LogP contribution is -2.25. The van der Waals surface area contributed by atoms with Crippen molar-refractivity contribution in [2.45, 2.75) is 23.2 Å². The molecule has 1 aliphatic rings. The van der Waals surface area contributed by atoms with E-state index < -0.39 is 31.7 Å². The number of sulfonamides is 1. The van der Waals surface area contributed by atoms with Crippen LogP contribution in [-0.4, -0.2) is 54.5 Å². The lowest BCUT2D eigenvalue weighted by atomic mass is 10.2. The van der Waals surface area contributed by atoms with Gasteiger partial charge in [0.1, 0.15) is 12.0 Å². The minimum absolute atomic E-state index is 0.0808. The van der Waals surface area contributed by atoms with E-state index in [1.54, 1.807) is 11.7 Å². The molecule has 1 fully saturated rings. The Kier molecular flexibility index (Phi) is 6.75. The van der Waals surface area contributed by atoms with Crippen molar-refractivity contribution in [2.75, 3.05) is 24.9 Å². The highest BCUT2D eigenvalue weighted by molar-refractivity contribution is 7.92. The second-order valence-electron chi connectivity index (χ2n) is 7.36. The van der Waals surface area contributed by atoms with Gasteiger partial charge in [0.15, 0.2) is 5.82 Å². The van der Waals surface area contributed by atoms with Crippen LogP contribution in [0.1, 0.15) is 11.6 Å². The SMILES string of the molecule is CO[C@H]1CNC[C@H]1n1cnnc1-c1ncc(Cl)cc1NS(=O)(=O)c1ccc(Cl)c(C(F)(F)F)c1. The predicted molar refractivity (Wildman–Crippen MR) is 118 cm³/mol. The molecular formula is C19H17Cl2F3N6O3S. The van der Waals surface area contributed by atoms with Crippen LogP contribution in [-0.2, 0) is 20.9 Å². The van der Waals surface area contributed by atoms with Gasteiger partial charge in [-0.1, -0.05) is 23.2 Å². The van der Waals surface area contributed by atoms with Gasteiger partial charge in [-0.05, 0) is 24.3 Å². The number of ether oxygens (including phenoxy) is 1. The summed E-state index contributed by atoms with van der Waals surface area (Å²) in [5.41, 5.74) is -1.29. The highest BCUT2D eigenvalue weighted by Gasteiger charge is 2.35. The molecule has 0 bridgehead atoms. The molecule has 0 aliphatic carbocycles. The average molecular weight is 537 g/mol. The molecule has 1 aromatic carbocycles. The van der Waals surface area contributed by atoms with Crippen LogP contribution in [0, 0.1) is 0 Å². The maximum Gasteiger partial charge on any atom is 0.417 e. The summed E-state index contributed by atoms with van der Waals surface area (Å²) in [7, 11) is -2.93. The molecular weight excluding hydrogens is 520 g/mol. The van der Waals surface area contributed by atoms with Gasteiger partial charge in [-0.15, -0.1) is 10.2 Å². The number of benzene rings is 1. The van der Waals surface area contributed by atoms with Crippen LogP contribution in [0.2, 0.25) is 10.0 Å². The molecule has 0 radical (unpaired) electrons. The number of anilines is 1. The van der Waals surface area contributed by atoms with Gasteiger partial charge in [-0.25, -0.2) is 13.4 Å². The van der Waals surface area contributed by atoms with Crippen LogP contribution in [0.5, 0.6) is 0 Å². The Morgan fingerprint density at radius 1 is 1.24 bits per heavy atom. The summed E-state index contributed by atoms with van der Waals surface area (Å²) in [5.74, 6) is 0.220. The number of hydrogen-bond acceptors (Lipinski definition) is 7. The molecule has 0 amide bonds. The molecule has 1 aliphatic heterocycles. The summed E-state index contributed by atoms with van der Waals surface area (Å²) in [5, 5.41) is 10.7. The number of nitrogens with zero attached hydrogens (tertiary/aromatic N) is 4. The van der Waals surface area contributed by atoms with Crippen LogP contribution < -0.4 is 10.0 Å². The molecule has 34 heavy (non-hydrogen) atoms. The molecule has 182 valence electrons. The van der Waals surface area contributed by atoms with Crippen molar-refractivity contribution in [1.29, 1.82) is 0 Å². The summed E-state index contributed by atoms with van der Waals surface area (Å²) in [4.78, 5) is 3.57. The number of pyridine rings is 1. The summed E-state index contributed by atoms with van der Waals surface area (Å²) in [6.07, 6.45) is -2.28. The lowest BCUT2D eigenvalue weighted by Gasteiger charge is -2.20. The van der Waals surface area contributed by atoms with E-state index in [1.807, 2.05) is 0 Å². The first-order valence-corrected chi connectivity index (χ1v) is 11.9. The maximum atomic E-state index is 13.2. The minimum Gasteiger partial charge on any atom is -0.378 e. The van der Waals surface area contributed by atoms with Gasteiger partial charge in [0.25, 0.3) is 10.0 Å². The first kappa shape index (κ1) is 24.7. The molecule has 0 spiro atoms. The molecule has 2 N–H and O–H groups in total. The average Bonchev–Trinajstić information content (AvgIpc) is 3.41. The van der Waals surface area contributed by atoms with Gasteiger partial charge in [-0.2, -0.15) is 13.2 Å². The second-order valence-corrected chi connectivity index (χ2v) is 9.88. The second kappa shape index (κ2) is 9.30. The van der Waals surface area contributed by atoms with Crippen LogP contribution in [0.15, 0.2) is 41.7 Å². The highest BCUT2D eigenvalue weighted by Crippen LogP contribution is 2.37. The zero-order valence-corrected chi connectivity index (χ0v) is 19.7. The molecule has 0 saturated carbocycles. The van der Waals surface area contributed by atoms with Crippen molar-refractivity contribution in [3.8, 4) is 11.5 Å². The lowest BCUT2D eigenvalue weighted by molar-refractivity contribution is -0.137. The normalized spacial score (nSPS) is 18.9. The Hall–Kier alpha value is -2.45. The van der Waals surface area contributed by atoms with Crippen molar-refractivity contribution in [2.24, 2.45) is 0 Å². The number of aromatic nitrogens is 4. The molecule has 9 nitrogen and oxygen atoms in total. The molecule has 3 heterocycles. The molecule has 15 heteroatoms. The van der Waals surface area contributed by atoms with Gasteiger partial charge < -0.3 is 14.6 Å². The Morgan fingerprint density at radius 2 is 2.00 bits per heavy atom. The van der Waals surface area contributed by atoms with Crippen molar-refractivity contribution < 1.29 is 26.3 Å². The Balaban J connectivity index is 1.75. The number of methoxy groups -OCH3 is 1. The van der Waals surface area contributed by atoms with E-state index in [2.05, 4.69) is 25.2 Å². The monoisotopic (exact) mass is 536 g/mol. The van der Waals surface area contributed by atoms with Gasteiger partial charge in [-0.3, -0.25) is 4.72 Å². The molecule has 1 saturated heterocycles. The third kappa shape index (κ3) is 4.84. The Labute approximate surface area is 202 Å². The van der Waals surface area contributed by atoms with E-state index in [4.69, 9.17) is 27.9 Å².